The Bertz CT molecular complexity index is 1020. The first-order valence-corrected chi connectivity index (χ1v) is 10.6. The number of piperidine rings is 1. The van der Waals surface area contributed by atoms with Crippen molar-refractivity contribution >= 4 is 0 Å². The first-order valence-electron chi connectivity index (χ1n) is 10.6. The van der Waals surface area contributed by atoms with Gasteiger partial charge in [0, 0.05) is 30.3 Å². The monoisotopic (exact) mass is 427 g/mol. The maximum atomic E-state index is 14.4. The summed E-state index contributed by atoms with van der Waals surface area (Å²) in [5.74, 6) is 0.432. The van der Waals surface area contributed by atoms with Crippen LogP contribution in [0.15, 0.2) is 42.6 Å². The Morgan fingerprint density at radius 2 is 1.97 bits per heavy atom. The number of methoxy groups -OCH3 is 1. The lowest BCUT2D eigenvalue weighted by atomic mass is 9.90. The maximum Gasteiger partial charge on any atom is 0.161 e. The highest BCUT2D eigenvalue weighted by Crippen LogP contribution is 2.36. The van der Waals surface area contributed by atoms with E-state index in [9.17, 15) is 8.78 Å². The number of rotatable bonds is 7. The number of aromatic nitrogens is 2. The third-order valence-electron chi connectivity index (χ3n) is 5.75. The topological polar surface area (TPSA) is 50.4 Å². The van der Waals surface area contributed by atoms with Crippen LogP contribution in [0.25, 0.3) is 11.1 Å². The van der Waals surface area contributed by atoms with E-state index in [0.29, 0.717) is 12.2 Å². The van der Waals surface area contributed by atoms with Crippen LogP contribution < -0.4 is 9.47 Å². The summed E-state index contributed by atoms with van der Waals surface area (Å²) < 4.78 is 39.8. The Hall–Kier alpha value is -2.93. The van der Waals surface area contributed by atoms with Gasteiger partial charge < -0.3 is 9.47 Å². The first-order chi connectivity index (χ1) is 15.1. The molecule has 3 aromatic rings. The molecule has 1 N–H and O–H groups in total. The highest BCUT2D eigenvalue weighted by atomic mass is 19.1. The molecule has 2 aromatic carbocycles. The van der Waals surface area contributed by atoms with Crippen LogP contribution in [0.5, 0.6) is 11.5 Å². The third kappa shape index (κ3) is 4.56. The van der Waals surface area contributed by atoms with Crippen molar-refractivity contribution in [1.82, 2.24) is 15.1 Å². The van der Waals surface area contributed by atoms with Gasteiger partial charge in [-0.25, -0.2) is 8.78 Å². The predicted molar refractivity (Wildman–Crippen MR) is 115 cm³/mol. The highest BCUT2D eigenvalue weighted by Gasteiger charge is 2.27. The van der Waals surface area contributed by atoms with Crippen LogP contribution >= 0.6 is 0 Å². The number of benzene rings is 2. The SMILES string of the molecule is CCOc1cc(CN2CCCC(c3[nH]ncc3-c3c(F)cccc3F)C2)ccc1OC. The summed E-state index contributed by atoms with van der Waals surface area (Å²) in [5.41, 5.74) is 2.42. The van der Waals surface area contributed by atoms with Gasteiger partial charge in [0.05, 0.1) is 25.5 Å². The number of hydrogen-bond acceptors (Lipinski definition) is 4. The largest absolute Gasteiger partial charge is 0.493 e. The Balaban J connectivity index is 1.53. The van der Waals surface area contributed by atoms with Crippen LogP contribution in [0, 0.1) is 11.6 Å². The van der Waals surface area contributed by atoms with Gasteiger partial charge in [-0.1, -0.05) is 12.1 Å². The van der Waals surface area contributed by atoms with Gasteiger partial charge in [0.1, 0.15) is 11.6 Å². The number of likely N-dealkylation sites (tertiary alicyclic amines) is 1. The zero-order valence-corrected chi connectivity index (χ0v) is 17.8. The molecule has 1 aliphatic rings. The van der Waals surface area contributed by atoms with E-state index in [1.165, 1.54) is 24.4 Å². The van der Waals surface area contributed by atoms with E-state index in [1.807, 2.05) is 25.1 Å². The van der Waals surface area contributed by atoms with Gasteiger partial charge in [0.15, 0.2) is 11.5 Å². The molecule has 1 atom stereocenters. The third-order valence-corrected chi connectivity index (χ3v) is 5.75. The summed E-state index contributed by atoms with van der Waals surface area (Å²) in [6.07, 6.45) is 3.46. The molecule has 1 aliphatic heterocycles. The van der Waals surface area contributed by atoms with Crippen molar-refractivity contribution in [1.29, 1.82) is 0 Å². The minimum absolute atomic E-state index is 0.0140. The highest BCUT2D eigenvalue weighted by molar-refractivity contribution is 5.67. The smallest absolute Gasteiger partial charge is 0.161 e. The fourth-order valence-corrected chi connectivity index (χ4v) is 4.34. The second-order valence-corrected chi connectivity index (χ2v) is 7.79. The summed E-state index contributed by atoms with van der Waals surface area (Å²) in [5, 5.41) is 7.12. The first kappa shape index (κ1) is 21.3. The molecule has 164 valence electrons. The Labute approximate surface area is 181 Å². The van der Waals surface area contributed by atoms with E-state index in [1.54, 1.807) is 7.11 Å². The standard InChI is InChI=1S/C24H27F2N3O2/c1-3-31-22-12-16(9-10-21(22)30-2)14-29-11-5-6-17(15-29)24-18(13-27-28-24)23-19(25)7-4-8-20(23)26/h4,7-10,12-13,17H,3,5-6,11,14-15H2,1-2H3,(H,27,28). The molecule has 4 rings (SSSR count). The van der Waals surface area contributed by atoms with Crippen molar-refractivity contribution in [2.45, 2.75) is 32.2 Å². The van der Waals surface area contributed by atoms with Crippen LogP contribution in [0.4, 0.5) is 8.78 Å². The van der Waals surface area contributed by atoms with Crippen LogP contribution in [-0.2, 0) is 6.54 Å². The summed E-state index contributed by atoms with van der Waals surface area (Å²) in [6, 6.07) is 9.92. The van der Waals surface area contributed by atoms with Gasteiger partial charge in [-0.05, 0) is 56.1 Å². The second kappa shape index (κ2) is 9.47. The van der Waals surface area contributed by atoms with Crippen molar-refractivity contribution in [2.24, 2.45) is 0 Å². The zero-order valence-electron chi connectivity index (χ0n) is 17.8. The number of halogens is 2. The number of ether oxygens (including phenoxy) is 2. The molecule has 1 fully saturated rings. The number of hydrogen-bond donors (Lipinski definition) is 1. The number of H-pyrrole nitrogens is 1. The molecule has 31 heavy (non-hydrogen) atoms. The van der Waals surface area contributed by atoms with Crippen LogP contribution in [0.2, 0.25) is 0 Å². The average molecular weight is 427 g/mol. The number of nitrogens with one attached hydrogen (secondary N) is 1. The Kier molecular flexibility index (Phi) is 6.51. The van der Waals surface area contributed by atoms with Crippen molar-refractivity contribution in [3.8, 4) is 22.6 Å². The van der Waals surface area contributed by atoms with E-state index >= 15 is 0 Å². The Morgan fingerprint density at radius 3 is 2.71 bits per heavy atom. The summed E-state index contributed by atoms with van der Waals surface area (Å²) >= 11 is 0. The van der Waals surface area contributed by atoms with E-state index in [0.717, 1.165) is 55.2 Å². The van der Waals surface area contributed by atoms with Gasteiger partial charge in [-0.3, -0.25) is 10.00 Å². The average Bonchev–Trinajstić information content (AvgIpc) is 3.24. The van der Waals surface area contributed by atoms with Crippen LogP contribution in [0.1, 0.15) is 36.9 Å². The fraction of sp³-hybridized carbons (Fsp3) is 0.375. The minimum atomic E-state index is -0.572. The molecule has 7 heteroatoms. The molecule has 0 spiro atoms. The summed E-state index contributed by atoms with van der Waals surface area (Å²) in [6.45, 7) is 5.02. The maximum absolute atomic E-state index is 14.4. The molecular weight excluding hydrogens is 400 g/mol. The van der Waals surface area contributed by atoms with Gasteiger partial charge in [-0.2, -0.15) is 5.10 Å². The van der Waals surface area contributed by atoms with Gasteiger partial charge >= 0.3 is 0 Å². The zero-order chi connectivity index (χ0) is 21.8. The van der Waals surface area contributed by atoms with Gasteiger partial charge in [0.2, 0.25) is 0 Å². The predicted octanol–water partition coefficient (Wildman–Crippen LogP) is 5.14. The number of nitrogens with zero attached hydrogens (tertiary/aromatic N) is 2. The van der Waals surface area contributed by atoms with E-state index in [4.69, 9.17) is 9.47 Å². The van der Waals surface area contributed by atoms with E-state index < -0.39 is 11.6 Å². The quantitative estimate of drug-likeness (QED) is 0.567. The molecule has 0 bridgehead atoms. The molecule has 1 saturated heterocycles. The minimum Gasteiger partial charge on any atom is -0.493 e. The molecule has 0 aliphatic carbocycles. The van der Waals surface area contributed by atoms with Gasteiger partial charge in [0.25, 0.3) is 0 Å². The lowest BCUT2D eigenvalue weighted by molar-refractivity contribution is 0.198. The lowest BCUT2D eigenvalue weighted by Gasteiger charge is -2.33. The van der Waals surface area contributed by atoms with Crippen molar-refractivity contribution in [3.63, 3.8) is 0 Å². The summed E-state index contributed by atoms with van der Waals surface area (Å²) in [4.78, 5) is 2.36. The van der Waals surface area contributed by atoms with E-state index in [2.05, 4.69) is 15.1 Å². The molecule has 0 radical (unpaired) electrons. The molecule has 0 amide bonds. The van der Waals surface area contributed by atoms with E-state index in [-0.39, 0.29) is 11.5 Å². The molecule has 1 unspecified atom stereocenters. The second-order valence-electron chi connectivity index (χ2n) is 7.79. The van der Waals surface area contributed by atoms with Crippen molar-refractivity contribution in [3.05, 3.63) is 65.5 Å². The van der Waals surface area contributed by atoms with Gasteiger partial charge in [-0.15, -0.1) is 0 Å². The summed E-state index contributed by atoms with van der Waals surface area (Å²) in [7, 11) is 1.63. The van der Waals surface area contributed by atoms with Crippen LogP contribution in [0.3, 0.4) is 0 Å². The van der Waals surface area contributed by atoms with Crippen molar-refractivity contribution in [2.75, 3.05) is 26.8 Å². The lowest BCUT2D eigenvalue weighted by Crippen LogP contribution is -2.34. The number of aromatic amines is 1. The molecule has 5 nitrogen and oxygen atoms in total. The van der Waals surface area contributed by atoms with Crippen molar-refractivity contribution < 1.29 is 18.3 Å². The molecular formula is C24H27F2N3O2. The molecule has 1 aromatic heterocycles. The molecule has 2 heterocycles. The fourth-order valence-electron chi connectivity index (χ4n) is 4.34. The molecule has 0 saturated carbocycles. The van der Waals surface area contributed by atoms with Crippen LogP contribution in [-0.4, -0.2) is 41.9 Å². The normalized spacial score (nSPS) is 17.0. The Morgan fingerprint density at radius 1 is 1.16 bits per heavy atom.